The molecule has 0 saturated heterocycles. The van der Waals surface area contributed by atoms with Crippen molar-refractivity contribution >= 4 is 11.6 Å². The van der Waals surface area contributed by atoms with Crippen LogP contribution in [0.25, 0.3) is 0 Å². The van der Waals surface area contributed by atoms with Crippen LogP contribution in [0.1, 0.15) is 16.8 Å². The molecule has 3 aromatic rings. The summed E-state index contributed by atoms with van der Waals surface area (Å²) < 4.78 is 13.2. The molecule has 0 radical (unpaired) electrons. The van der Waals surface area contributed by atoms with Crippen molar-refractivity contribution in [2.45, 2.75) is 20.0 Å². The van der Waals surface area contributed by atoms with Crippen LogP contribution in [0.3, 0.4) is 0 Å². The van der Waals surface area contributed by atoms with E-state index in [4.69, 9.17) is 0 Å². The topological polar surface area (TPSA) is 111 Å². The molecule has 8 nitrogen and oxygen atoms in total. The summed E-state index contributed by atoms with van der Waals surface area (Å²) in [6, 6.07) is 9.72. The first kappa shape index (κ1) is 20.2. The van der Waals surface area contributed by atoms with Crippen LogP contribution in [0.15, 0.2) is 58.4 Å². The number of rotatable bonds is 7. The summed E-state index contributed by atoms with van der Waals surface area (Å²) in [5, 5.41) is 2.55. The quantitative estimate of drug-likeness (QED) is 0.560. The third-order valence-electron chi connectivity index (χ3n) is 4.21. The molecule has 0 aliphatic heterocycles. The molecule has 0 saturated carbocycles. The predicted octanol–water partition coefficient (Wildman–Crippen LogP) is 1.55. The molecule has 0 unspecified atom stereocenters. The molecule has 150 valence electrons. The predicted molar refractivity (Wildman–Crippen MR) is 106 cm³/mol. The lowest BCUT2D eigenvalue weighted by atomic mass is 10.2. The van der Waals surface area contributed by atoms with E-state index < -0.39 is 17.2 Å². The van der Waals surface area contributed by atoms with Crippen molar-refractivity contribution in [2.24, 2.45) is 0 Å². The number of carbonyl (C=O) groups is 1. The summed E-state index contributed by atoms with van der Waals surface area (Å²) in [5.74, 6) is -0.755. The number of halogens is 1. The van der Waals surface area contributed by atoms with Crippen LogP contribution in [0, 0.1) is 12.7 Å². The zero-order valence-electron chi connectivity index (χ0n) is 15.7. The fraction of sp³-hybridized carbons (Fsp3) is 0.200. The SMILES string of the molecule is Cc1[nH]c(=O)[nH]c(=O)c1NC(=O)CN(Cc1ccc(F)cc1)Cc1cccnc1. The maximum atomic E-state index is 13.2. The normalized spacial score (nSPS) is 10.9. The number of H-pyrrole nitrogens is 2. The molecule has 0 aliphatic carbocycles. The first-order valence-corrected chi connectivity index (χ1v) is 8.89. The summed E-state index contributed by atoms with van der Waals surface area (Å²) >= 11 is 0. The number of hydrogen-bond acceptors (Lipinski definition) is 5. The Morgan fingerprint density at radius 1 is 1.10 bits per heavy atom. The molecule has 3 rings (SSSR count). The first-order valence-electron chi connectivity index (χ1n) is 8.89. The van der Waals surface area contributed by atoms with Crippen LogP contribution in [0.4, 0.5) is 10.1 Å². The van der Waals surface area contributed by atoms with Crippen molar-refractivity contribution in [2.75, 3.05) is 11.9 Å². The number of aromatic amines is 2. The molecule has 9 heteroatoms. The van der Waals surface area contributed by atoms with E-state index in [2.05, 4.69) is 20.3 Å². The number of nitrogens with one attached hydrogen (secondary N) is 3. The minimum atomic E-state index is -0.669. The summed E-state index contributed by atoms with van der Waals surface area (Å²) in [5.41, 5.74) is 0.695. The Hall–Kier alpha value is -3.59. The Balaban J connectivity index is 1.76. The maximum absolute atomic E-state index is 13.2. The lowest BCUT2D eigenvalue weighted by Crippen LogP contribution is -2.35. The Bertz CT molecular complexity index is 1090. The number of carbonyl (C=O) groups excluding carboxylic acids is 1. The number of aromatic nitrogens is 3. The molecule has 0 bridgehead atoms. The van der Waals surface area contributed by atoms with Crippen molar-refractivity contribution < 1.29 is 9.18 Å². The molecule has 0 aliphatic rings. The Kier molecular flexibility index (Phi) is 6.30. The van der Waals surface area contributed by atoms with E-state index in [1.54, 1.807) is 30.6 Å². The highest BCUT2D eigenvalue weighted by atomic mass is 19.1. The van der Waals surface area contributed by atoms with Gasteiger partial charge in [0, 0.05) is 31.2 Å². The Morgan fingerprint density at radius 2 is 1.83 bits per heavy atom. The third kappa shape index (κ3) is 5.69. The van der Waals surface area contributed by atoms with Crippen LogP contribution in [0.5, 0.6) is 0 Å². The van der Waals surface area contributed by atoms with Crippen LogP contribution in [-0.4, -0.2) is 32.3 Å². The molecular formula is C20H20FN5O3. The number of nitrogens with zero attached hydrogens (tertiary/aromatic N) is 2. The van der Waals surface area contributed by atoms with Crippen LogP contribution < -0.4 is 16.6 Å². The van der Waals surface area contributed by atoms with Crippen molar-refractivity contribution in [3.05, 3.63) is 92.3 Å². The molecule has 29 heavy (non-hydrogen) atoms. The van der Waals surface area contributed by atoms with E-state index in [0.29, 0.717) is 13.1 Å². The van der Waals surface area contributed by atoms with Gasteiger partial charge in [-0.25, -0.2) is 9.18 Å². The van der Waals surface area contributed by atoms with E-state index in [-0.39, 0.29) is 23.7 Å². The van der Waals surface area contributed by atoms with Crippen molar-refractivity contribution in [3.8, 4) is 0 Å². The van der Waals surface area contributed by atoms with Crippen molar-refractivity contribution in [1.82, 2.24) is 19.9 Å². The molecule has 1 aromatic carbocycles. The molecule has 1 amide bonds. The minimum Gasteiger partial charge on any atom is -0.319 e. The lowest BCUT2D eigenvalue weighted by Gasteiger charge is -2.22. The Morgan fingerprint density at radius 3 is 2.48 bits per heavy atom. The van der Waals surface area contributed by atoms with E-state index in [1.807, 2.05) is 11.0 Å². The highest BCUT2D eigenvalue weighted by Crippen LogP contribution is 2.11. The van der Waals surface area contributed by atoms with Gasteiger partial charge in [-0.3, -0.25) is 24.5 Å². The molecule has 2 aromatic heterocycles. The first-order chi connectivity index (χ1) is 13.9. The number of pyridine rings is 1. The number of amides is 1. The van der Waals surface area contributed by atoms with Gasteiger partial charge in [0.1, 0.15) is 11.5 Å². The van der Waals surface area contributed by atoms with Gasteiger partial charge in [-0.1, -0.05) is 18.2 Å². The van der Waals surface area contributed by atoms with Gasteiger partial charge in [0.2, 0.25) is 5.91 Å². The van der Waals surface area contributed by atoms with Gasteiger partial charge < -0.3 is 10.3 Å². The average Bonchev–Trinajstić information content (AvgIpc) is 2.67. The maximum Gasteiger partial charge on any atom is 0.326 e. The standard InChI is InChI=1S/C20H20FN5O3/c1-13-18(19(28)25-20(29)23-13)24-17(27)12-26(11-15-3-2-8-22-9-15)10-14-4-6-16(21)7-5-14/h2-9H,10-12H2,1H3,(H,24,27)(H2,23,25,28,29). The van der Waals surface area contributed by atoms with Gasteiger partial charge in [-0.05, 0) is 36.2 Å². The monoisotopic (exact) mass is 397 g/mol. The largest absolute Gasteiger partial charge is 0.326 e. The molecule has 0 spiro atoms. The van der Waals surface area contributed by atoms with Crippen LogP contribution >= 0.6 is 0 Å². The second-order valence-electron chi connectivity index (χ2n) is 6.59. The van der Waals surface area contributed by atoms with Gasteiger partial charge in [0.05, 0.1) is 6.54 Å². The van der Waals surface area contributed by atoms with Gasteiger partial charge >= 0.3 is 5.69 Å². The van der Waals surface area contributed by atoms with Crippen LogP contribution in [-0.2, 0) is 17.9 Å². The third-order valence-corrected chi connectivity index (χ3v) is 4.21. The number of anilines is 1. The van der Waals surface area contributed by atoms with E-state index in [9.17, 15) is 18.8 Å². The van der Waals surface area contributed by atoms with E-state index in [1.165, 1.54) is 19.1 Å². The lowest BCUT2D eigenvalue weighted by molar-refractivity contribution is -0.117. The zero-order chi connectivity index (χ0) is 20.8. The fourth-order valence-electron chi connectivity index (χ4n) is 2.90. The Labute approximate surface area is 165 Å². The molecule has 0 atom stereocenters. The highest BCUT2D eigenvalue weighted by molar-refractivity contribution is 5.92. The zero-order valence-corrected chi connectivity index (χ0v) is 15.7. The number of hydrogen-bond donors (Lipinski definition) is 3. The second kappa shape index (κ2) is 9.07. The highest BCUT2D eigenvalue weighted by Gasteiger charge is 2.15. The fourth-order valence-corrected chi connectivity index (χ4v) is 2.90. The molecule has 3 N–H and O–H groups in total. The van der Waals surface area contributed by atoms with Crippen LogP contribution in [0.2, 0.25) is 0 Å². The summed E-state index contributed by atoms with van der Waals surface area (Å²) in [6.07, 6.45) is 3.36. The van der Waals surface area contributed by atoms with E-state index >= 15 is 0 Å². The van der Waals surface area contributed by atoms with Gasteiger partial charge in [-0.2, -0.15) is 0 Å². The smallest absolute Gasteiger partial charge is 0.319 e. The minimum absolute atomic E-state index is 0.00212. The average molecular weight is 397 g/mol. The summed E-state index contributed by atoms with van der Waals surface area (Å²) in [6.45, 7) is 2.33. The molecule has 0 fully saturated rings. The molecular weight excluding hydrogens is 377 g/mol. The molecule has 2 heterocycles. The van der Waals surface area contributed by atoms with Crippen molar-refractivity contribution in [1.29, 1.82) is 0 Å². The summed E-state index contributed by atoms with van der Waals surface area (Å²) in [4.78, 5) is 46.3. The van der Waals surface area contributed by atoms with Crippen molar-refractivity contribution in [3.63, 3.8) is 0 Å². The van der Waals surface area contributed by atoms with Gasteiger partial charge in [-0.15, -0.1) is 0 Å². The number of benzene rings is 1. The van der Waals surface area contributed by atoms with Gasteiger partial charge in [0.25, 0.3) is 5.56 Å². The second-order valence-corrected chi connectivity index (χ2v) is 6.59. The van der Waals surface area contributed by atoms with Gasteiger partial charge in [0.15, 0.2) is 0 Å². The summed E-state index contributed by atoms with van der Waals surface area (Å²) in [7, 11) is 0. The van der Waals surface area contributed by atoms with E-state index in [0.717, 1.165) is 11.1 Å². The number of aryl methyl sites for hydroxylation is 1.